The highest BCUT2D eigenvalue weighted by atomic mass is 31.2. The molecule has 0 aromatic heterocycles. The van der Waals surface area contributed by atoms with Gasteiger partial charge in [0, 0.05) is 5.57 Å². The van der Waals surface area contributed by atoms with Crippen molar-refractivity contribution >= 4 is 25.9 Å². The first-order valence-corrected chi connectivity index (χ1v) is 10.6. The number of hydrogen-bond acceptors (Lipinski definition) is 9. The van der Waals surface area contributed by atoms with E-state index >= 15 is 0 Å². The zero-order valence-electron chi connectivity index (χ0n) is 18.5. The minimum atomic E-state index is -4.62. The van der Waals surface area contributed by atoms with E-state index in [-0.39, 0.29) is 12.2 Å². The molecule has 0 saturated heterocycles. The van der Waals surface area contributed by atoms with Crippen molar-refractivity contribution in [1.82, 2.24) is 5.32 Å². The van der Waals surface area contributed by atoms with Crippen LogP contribution >= 0.6 is 7.82 Å². The quantitative estimate of drug-likeness (QED) is 0.166. The van der Waals surface area contributed by atoms with Crippen LogP contribution in [0.15, 0.2) is 12.2 Å². The normalized spacial score (nSPS) is 14.8. The summed E-state index contributed by atoms with van der Waals surface area (Å²) >= 11 is 0. The molecule has 11 nitrogen and oxygen atoms in total. The van der Waals surface area contributed by atoms with Gasteiger partial charge in [0.15, 0.2) is 6.04 Å². The first-order chi connectivity index (χ1) is 13.4. The molecule has 174 valence electrons. The molecule has 1 amide bonds. The maximum absolute atomic E-state index is 12.3. The van der Waals surface area contributed by atoms with E-state index in [0.717, 1.165) is 0 Å². The van der Waals surface area contributed by atoms with Crippen LogP contribution < -0.4 is 5.32 Å². The second kappa shape index (κ2) is 11.5. The van der Waals surface area contributed by atoms with Crippen molar-refractivity contribution < 1.29 is 47.1 Å². The molecule has 0 spiro atoms. The number of rotatable bonds is 10. The van der Waals surface area contributed by atoms with Gasteiger partial charge >= 0.3 is 25.9 Å². The molecule has 0 aromatic carbocycles. The number of alkyl carbamates (subject to hydrolysis) is 1. The van der Waals surface area contributed by atoms with Gasteiger partial charge in [-0.3, -0.25) is 9.05 Å². The molecular weight excluding hydrogens is 421 g/mol. The van der Waals surface area contributed by atoms with Gasteiger partial charge in [0.1, 0.15) is 17.8 Å². The van der Waals surface area contributed by atoms with Crippen molar-refractivity contribution in [2.45, 2.75) is 65.7 Å². The van der Waals surface area contributed by atoms with E-state index in [2.05, 4.69) is 16.4 Å². The van der Waals surface area contributed by atoms with E-state index in [0.29, 0.717) is 0 Å². The van der Waals surface area contributed by atoms with Gasteiger partial charge < -0.3 is 24.4 Å². The highest BCUT2D eigenvalue weighted by Crippen LogP contribution is 2.43. The van der Waals surface area contributed by atoms with Gasteiger partial charge in [-0.25, -0.2) is 18.9 Å². The van der Waals surface area contributed by atoms with E-state index in [1.807, 2.05) is 0 Å². The Hall–Kier alpha value is -1.94. The number of esters is 2. The number of carbonyl (C=O) groups excluding carboxylic acids is 3. The number of nitrogens with one attached hydrogen (secondary N) is 1. The van der Waals surface area contributed by atoms with Crippen molar-refractivity contribution in [3.05, 3.63) is 12.2 Å². The Morgan fingerprint density at radius 2 is 1.53 bits per heavy atom. The predicted octanol–water partition coefficient (Wildman–Crippen LogP) is 2.47. The van der Waals surface area contributed by atoms with Crippen LogP contribution in [0.3, 0.4) is 0 Å². The largest absolute Gasteiger partial charge is 0.472 e. The minimum Gasteiger partial charge on any atom is -0.460 e. The van der Waals surface area contributed by atoms with Crippen LogP contribution in [0.4, 0.5) is 4.79 Å². The van der Waals surface area contributed by atoms with E-state index < -0.39 is 56.3 Å². The van der Waals surface area contributed by atoms with E-state index in [1.54, 1.807) is 41.5 Å². The van der Waals surface area contributed by atoms with Gasteiger partial charge in [0.25, 0.3) is 0 Å². The molecule has 0 bridgehead atoms. The fourth-order valence-corrected chi connectivity index (χ4v) is 2.32. The Morgan fingerprint density at radius 1 is 1.00 bits per heavy atom. The maximum atomic E-state index is 12.3. The smallest absolute Gasteiger partial charge is 0.460 e. The molecule has 0 saturated carbocycles. The number of phosphoric ester groups is 1. The van der Waals surface area contributed by atoms with Crippen molar-refractivity contribution in [1.29, 1.82) is 0 Å². The summed E-state index contributed by atoms with van der Waals surface area (Å²) in [5, 5.41) is 2.24. The van der Waals surface area contributed by atoms with Crippen LogP contribution in [0.1, 0.15) is 48.5 Å². The van der Waals surface area contributed by atoms with Gasteiger partial charge in [-0.05, 0) is 48.5 Å². The molecule has 0 radical (unpaired) electrons. The zero-order chi connectivity index (χ0) is 23.8. The fourth-order valence-electron chi connectivity index (χ4n) is 1.61. The maximum Gasteiger partial charge on any atom is 0.472 e. The lowest BCUT2D eigenvalue weighted by atomic mass is 10.2. The van der Waals surface area contributed by atoms with Crippen LogP contribution in [0.25, 0.3) is 0 Å². The third-order valence-corrected chi connectivity index (χ3v) is 3.69. The van der Waals surface area contributed by atoms with Crippen molar-refractivity contribution in [3.8, 4) is 0 Å². The number of ether oxygens (including phenoxy) is 3. The van der Waals surface area contributed by atoms with Crippen molar-refractivity contribution in [2.75, 3.05) is 19.8 Å². The first kappa shape index (κ1) is 28.1. The summed E-state index contributed by atoms with van der Waals surface area (Å²) < 4.78 is 36.4. The second-order valence-corrected chi connectivity index (χ2v) is 9.70. The van der Waals surface area contributed by atoms with E-state index in [1.165, 1.54) is 6.92 Å². The van der Waals surface area contributed by atoms with Crippen molar-refractivity contribution in [2.24, 2.45) is 0 Å². The molecule has 12 heteroatoms. The van der Waals surface area contributed by atoms with Crippen LogP contribution in [0.2, 0.25) is 0 Å². The van der Waals surface area contributed by atoms with Gasteiger partial charge in [-0.1, -0.05) is 6.58 Å². The van der Waals surface area contributed by atoms with Gasteiger partial charge in [-0.15, -0.1) is 0 Å². The van der Waals surface area contributed by atoms with Crippen LogP contribution in [0, 0.1) is 0 Å². The zero-order valence-corrected chi connectivity index (χ0v) is 19.4. The predicted molar refractivity (Wildman–Crippen MR) is 107 cm³/mol. The van der Waals surface area contributed by atoms with E-state index in [9.17, 15) is 23.8 Å². The molecule has 2 atom stereocenters. The Kier molecular flexibility index (Phi) is 10.7. The third kappa shape index (κ3) is 14.1. The molecule has 0 fully saturated rings. The van der Waals surface area contributed by atoms with Crippen LogP contribution in [0.5, 0.6) is 0 Å². The SMILES string of the molecule is C=C(C)C(=O)OCCOP(=O)(O)OCC(NC(=O)OC(C)(C)C)C(=O)OC(C)(C)C. The molecule has 0 aliphatic rings. The molecule has 0 rings (SSSR count). The fraction of sp³-hybridized carbons (Fsp3) is 0.722. The molecule has 30 heavy (non-hydrogen) atoms. The monoisotopic (exact) mass is 453 g/mol. The number of amides is 1. The third-order valence-electron chi connectivity index (χ3n) is 2.71. The van der Waals surface area contributed by atoms with Gasteiger partial charge in [0.2, 0.25) is 0 Å². The summed E-state index contributed by atoms with van der Waals surface area (Å²) in [4.78, 5) is 45.3. The van der Waals surface area contributed by atoms with Crippen molar-refractivity contribution in [3.63, 3.8) is 0 Å². The summed E-state index contributed by atoms with van der Waals surface area (Å²) in [5.41, 5.74) is -1.55. The summed E-state index contributed by atoms with van der Waals surface area (Å²) in [6.07, 6.45) is -0.942. The Morgan fingerprint density at radius 3 is 2.00 bits per heavy atom. The number of hydrogen-bond donors (Lipinski definition) is 2. The highest BCUT2D eigenvalue weighted by Gasteiger charge is 2.32. The number of carbonyl (C=O) groups is 3. The topological polar surface area (TPSA) is 147 Å². The molecule has 2 N–H and O–H groups in total. The van der Waals surface area contributed by atoms with Crippen LogP contribution in [-0.4, -0.2) is 60.0 Å². The molecule has 0 aromatic rings. The average molecular weight is 453 g/mol. The van der Waals surface area contributed by atoms with Gasteiger partial charge in [-0.2, -0.15) is 0 Å². The average Bonchev–Trinajstić information content (AvgIpc) is 2.51. The lowest BCUT2D eigenvalue weighted by Crippen LogP contribution is -2.48. The Balaban J connectivity index is 4.89. The highest BCUT2D eigenvalue weighted by molar-refractivity contribution is 7.47. The molecule has 2 unspecified atom stereocenters. The summed E-state index contributed by atoms with van der Waals surface area (Å²) in [6.45, 7) is 13.1. The molecular formula is C18H32NO10P. The summed E-state index contributed by atoms with van der Waals surface area (Å²) in [5.74, 6) is -1.58. The Labute approximate surface area is 176 Å². The summed E-state index contributed by atoms with van der Waals surface area (Å²) in [6, 6.07) is -1.44. The standard InChI is InChI=1S/C18H32NO10P/c1-12(2)14(20)25-9-10-26-30(23,24)27-11-13(15(21)28-17(3,4)5)19-16(22)29-18(6,7)8/h13H,1,9-11H2,2-8H3,(H,19,22)(H,23,24). The summed E-state index contributed by atoms with van der Waals surface area (Å²) in [7, 11) is -4.62. The molecule has 0 aliphatic heterocycles. The molecule has 0 aliphatic carbocycles. The second-order valence-electron chi connectivity index (χ2n) is 8.25. The first-order valence-electron chi connectivity index (χ1n) is 9.09. The molecule has 0 heterocycles. The lowest BCUT2D eigenvalue weighted by Gasteiger charge is -2.26. The van der Waals surface area contributed by atoms with E-state index in [4.69, 9.17) is 18.7 Å². The number of phosphoric acid groups is 1. The van der Waals surface area contributed by atoms with Crippen LogP contribution in [-0.2, 0) is 37.4 Å². The minimum absolute atomic E-state index is 0.159. The Bertz CT molecular complexity index is 677. The van der Waals surface area contributed by atoms with Gasteiger partial charge in [0.05, 0.1) is 13.2 Å². The lowest BCUT2D eigenvalue weighted by molar-refractivity contribution is -0.158.